The maximum absolute atomic E-state index is 10.9. The average molecular weight is 269 g/mol. The summed E-state index contributed by atoms with van der Waals surface area (Å²) < 4.78 is 1.54. The summed E-state index contributed by atoms with van der Waals surface area (Å²) in [7, 11) is 0. The lowest BCUT2D eigenvalue weighted by atomic mass is 10.1. The van der Waals surface area contributed by atoms with Gasteiger partial charge in [-0.25, -0.2) is 14.6 Å². The summed E-state index contributed by atoms with van der Waals surface area (Å²) in [5, 5.41) is 17.8. The van der Waals surface area contributed by atoms with E-state index in [9.17, 15) is 9.59 Å². The number of hydrogen-bond donors (Lipinski definition) is 2. The molecule has 7 heteroatoms. The zero-order valence-corrected chi connectivity index (χ0v) is 9.79. The molecule has 0 amide bonds. The minimum absolute atomic E-state index is 0. The van der Waals surface area contributed by atoms with E-state index in [4.69, 9.17) is 10.2 Å². The van der Waals surface area contributed by atoms with Crippen molar-refractivity contribution in [2.45, 2.75) is 0 Å². The second kappa shape index (κ2) is 5.33. The van der Waals surface area contributed by atoms with Crippen molar-refractivity contribution in [2.24, 2.45) is 0 Å². The van der Waals surface area contributed by atoms with Crippen LogP contribution < -0.4 is 0 Å². The Labute approximate surface area is 108 Å². The molecule has 1 heterocycles. The number of hydrogen-bond acceptors (Lipinski definition) is 3. The Bertz CT molecular complexity index is 548. The van der Waals surface area contributed by atoms with Gasteiger partial charge in [0, 0.05) is 18.1 Å². The highest BCUT2D eigenvalue weighted by Gasteiger charge is 2.11. The Kier molecular flexibility index (Phi) is 4.06. The van der Waals surface area contributed by atoms with Gasteiger partial charge < -0.3 is 14.8 Å². The normalized spacial score (nSPS) is 9.56. The molecule has 0 aliphatic rings. The summed E-state index contributed by atoms with van der Waals surface area (Å²) in [6.45, 7) is 0. The molecule has 1 aromatic heterocycles. The van der Waals surface area contributed by atoms with Gasteiger partial charge in [-0.2, -0.15) is 0 Å². The third-order valence-electron chi connectivity index (χ3n) is 2.21. The van der Waals surface area contributed by atoms with Gasteiger partial charge in [-0.15, -0.1) is 12.4 Å². The first-order valence-electron chi connectivity index (χ1n) is 4.68. The van der Waals surface area contributed by atoms with Gasteiger partial charge in [-0.3, -0.25) is 0 Å². The molecule has 0 saturated carbocycles. The van der Waals surface area contributed by atoms with Crippen LogP contribution in [0, 0.1) is 0 Å². The van der Waals surface area contributed by atoms with Crippen LogP contribution in [0.5, 0.6) is 0 Å². The number of nitrogens with zero attached hydrogens (tertiary/aromatic N) is 2. The van der Waals surface area contributed by atoms with E-state index in [2.05, 4.69) is 4.98 Å². The largest absolute Gasteiger partial charge is 0.478 e. The van der Waals surface area contributed by atoms with Crippen LogP contribution in [0.4, 0.5) is 0 Å². The van der Waals surface area contributed by atoms with Gasteiger partial charge in [0.15, 0.2) is 0 Å². The summed E-state index contributed by atoms with van der Waals surface area (Å²) >= 11 is 0. The molecule has 0 saturated heterocycles. The van der Waals surface area contributed by atoms with E-state index in [0.29, 0.717) is 5.69 Å². The molecule has 0 radical (unpaired) electrons. The van der Waals surface area contributed by atoms with Gasteiger partial charge in [-0.1, -0.05) is 0 Å². The zero-order chi connectivity index (χ0) is 12.4. The van der Waals surface area contributed by atoms with Crippen LogP contribution in [0.25, 0.3) is 5.69 Å². The molecule has 94 valence electrons. The topological polar surface area (TPSA) is 92.4 Å². The Morgan fingerprint density at radius 2 is 1.61 bits per heavy atom. The van der Waals surface area contributed by atoms with Crippen molar-refractivity contribution in [1.29, 1.82) is 0 Å². The van der Waals surface area contributed by atoms with Crippen LogP contribution >= 0.6 is 12.4 Å². The number of halogens is 1. The number of carboxylic acids is 2. The van der Waals surface area contributed by atoms with E-state index in [1.54, 1.807) is 10.8 Å². The fraction of sp³-hybridized carbons (Fsp3) is 0. The second-order valence-corrected chi connectivity index (χ2v) is 3.35. The van der Waals surface area contributed by atoms with Crippen LogP contribution in [0.1, 0.15) is 20.7 Å². The zero-order valence-electron chi connectivity index (χ0n) is 8.98. The highest BCUT2D eigenvalue weighted by Crippen LogP contribution is 2.14. The molecule has 0 bridgehead atoms. The fourth-order valence-electron chi connectivity index (χ4n) is 1.42. The summed E-state index contributed by atoms with van der Waals surface area (Å²) in [6.07, 6.45) is 4.59. The lowest BCUT2D eigenvalue weighted by Crippen LogP contribution is -2.05. The number of imidazole rings is 1. The summed E-state index contributed by atoms with van der Waals surface area (Å²) in [6, 6.07) is 3.89. The minimum Gasteiger partial charge on any atom is -0.478 e. The van der Waals surface area contributed by atoms with Crippen molar-refractivity contribution in [3.63, 3.8) is 0 Å². The quantitative estimate of drug-likeness (QED) is 0.884. The molecular weight excluding hydrogens is 260 g/mol. The SMILES string of the molecule is Cl.O=C(O)c1cc(C(=O)O)cc(-n2ccnc2)c1. The maximum atomic E-state index is 10.9. The molecule has 1 aromatic carbocycles. The first-order valence-corrected chi connectivity index (χ1v) is 4.68. The lowest BCUT2D eigenvalue weighted by Gasteiger charge is -2.05. The minimum atomic E-state index is -1.17. The predicted octanol–water partition coefficient (Wildman–Crippen LogP) is 1.69. The Hall–Kier alpha value is -2.34. The standard InChI is InChI=1S/C11H8N2O4.ClH/c14-10(15)7-3-8(11(16)17)5-9(4-7)13-2-1-12-6-13;/h1-6H,(H,14,15)(H,16,17);1H. The molecule has 0 spiro atoms. The third kappa shape index (κ3) is 2.67. The molecule has 0 aliphatic carbocycles. The number of benzene rings is 1. The second-order valence-electron chi connectivity index (χ2n) is 3.35. The van der Waals surface area contributed by atoms with Crippen molar-refractivity contribution in [2.75, 3.05) is 0 Å². The summed E-state index contributed by atoms with van der Waals surface area (Å²) in [5.41, 5.74) is 0.294. The van der Waals surface area contributed by atoms with Crippen LogP contribution in [-0.4, -0.2) is 31.7 Å². The molecule has 2 N–H and O–H groups in total. The number of carboxylic acid groups (broad SMARTS) is 2. The summed E-state index contributed by atoms with van der Waals surface area (Å²) in [5.74, 6) is -2.34. The van der Waals surface area contributed by atoms with Crippen molar-refractivity contribution in [1.82, 2.24) is 9.55 Å². The van der Waals surface area contributed by atoms with Crippen molar-refractivity contribution in [3.05, 3.63) is 48.0 Å². The molecule has 0 unspecified atom stereocenters. The van der Waals surface area contributed by atoms with Gasteiger partial charge in [0.05, 0.1) is 17.5 Å². The van der Waals surface area contributed by atoms with Gasteiger partial charge in [0.25, 0.3) is 0 Å². The molecule has 0 atom stereocenters. The predicted molar refractivity (Wildman–Crippen MR) is 64.7 cm³/mol. The first kappa shape index (κ1) is 13.7. The third-order valence-corrected chi connectivity index (χ3v) is 2.21. The lowest BCUT2D eigenvalue weighted by molar-refractivity contribution is 0.0696. The number of carbonyl (C=O) groups is 2. The van der Waals surface area contributed by atoms with E-state index in [1.165, 1.54) is 24.7 Å². The Morgan fingerprint density at radius 1 is 1.06 bits per heavy atom. The van der Waals surface area contributed by atoms with E-state index < -0.39 is 11.9 Å². The smallest absolute Gasteiger partial charge is 0.335 e. The molecule has 0 fully saturated rings. The van der Waals surface area contributed by atoms with Crippen molar-refractivity contribution < 1.29 is 19.8 Å². The average Bonchev–Trinajstić information content (AvgIpc) is 2.81. The highest BCUT2D eigenvalue weighted by atomic mass is 35.5. The van der Waals surface area contributed by atoms with Crippen LogP contribution in [0.2, 0.25) is 0 Å². The summed E-state index contributed by atoms with van der Waals surface area (Å²) in [4.78, 5) is 25.6. The van der Waals surface area contributed by atoms with Gasteiger partial charge in [0.2, 0.25) is 0 Å². The Balaban J connectivity index is 0.00000162. The number of aromatic nitrogens is 2. The van der Waals surface area contributed by atoms with Gasteiger partial charge in [-0.05, 0) is 18.2 Å². The molecule has 2 aromatic rings. The first-order chi connectivity index (χ1) is 8.08. The van der Waals surface area contributed by atoms with E-state index in [1.807, 2.05) is 0 Å². The van der Waals surface area contributed by atoms with Crippen LogP contribution in [-0.2, 0) is 0 Å². The van der Waals surface area contributed by atoms with Gasteiger partial charge >= 0.3 is 11.9 Å². The van der Waals surface area contributed by atoms with Gasteiger partial charge in [0.1, 0.15) is 0 Å². The fourth-order valence-corrected chi connectivity index (χ4v) is 1.42. The maximum Gasteiger partial charge on any atom is 0.335 e. The molecule has 0 aliphatic heterocycles. The van der Waals surface area contributed by atoms with Crippen molar-refractivity contribution in [3.8, 4) is 5.69 Å². The molecule has 6 nitrogen and oxygen atoms in total. The number of rotatable bonds is 3. The molecule has 18 heavy (non-hydrogen) atoms. The monoisotopic (exact) mass is 268 g/mol. The number of aromatic carboxylic acids is 2. The van der Waals surface area contributed by atoms with E-state index in [-0.39, 0.29) is 23.5 Å². The van der Waals surface area contributed by atoms with Crippen molar-refractivity contribution >= 4 is 24.3 Å². The van der Waals surface area contributed by atoms with E-state index in [0.717, 1.165) is 6.07 Å². The van der Waals surface area contributed by atoms with Crippen LogP contribution in [0.3, 0.4) is 0 Å². The Morgan fingerprint density at radius 3 is 2.00 bits per heavy atom. The van der Waals surface area contributed by atoms with E-state index >= 15 is 0 Å². The molecular formula is C11H9ClN2O4. The van der Waals surface area contributed by atoms with Crippen LogP contribution in [0.15, 0.2) is 36.9 Å². The molecule has 2 rings (SSSR count). The highest BCUT2D eigenvalue weighted by molar-refractivity contribution is 5.94.